The lowest BCUT2D eigenvalue weighted by Crippen LogP contribution is -2.55. The van der Waals surface area contributed by atoms with Crippen molar-refractivity contribution >= 4 is 0 Å². The molecule has 0 N–H and O–H groups in total. The Hall–Kier alpha value is -4.18. The summed E-state index contributed by atoms with van der Waals surface area (Å²) in [6.45, 7) is 0. The minimum atomic E-state index is 0.0708. The van der Waals surface area contributed by atoms with E-state index in [0.29, 0.717) is 29.3 Å². The number of rotatable bonds is 3. The van der Waals surface area contributed by atoms with E-state index in [2.05, 4.69) is 54.6 Å². The Morgan fingerprint density at radius 2 is 1.10 bits per heavy atom. The van der Waals surface area contributed by atoms with Crippen molar-refractivity contribution in [2.45, 2.75) is 37.5 Å². The topological polar surface area (TPSA) is 51.6 Å². The maximum Gasteiger partial charge on any atom is 0.164 e. The Morgan fingerprint density at radius 3 is 1.70 bits per heavy atom. The van der Waals surface area contributed by atoms with Gasteiger partial charge in [-0.2, -0.15) is 0 Å². The quantitative estimate of drug-likeness (QED) is 0.243. The van der Waals surface area contributed by atoms with Gasteiger partial charge in [0, 0.05) is 33.9 Å². The standard InChI is InChI=1S/C36H30N4/c1-3-8-24(9-4-1)33-38-34(25-10-5-2-6-11-25)40-35(39-33)26-13-14-31-30(21-26)29-12-7-15-37-32(29)36(31)27-17-22-16-23(19-27)20-28(36)18-22/h1-15,21-23,27-28H,16-20H2. The predicted molar refractivity (Wildman–Crippen MR) is 157 cm³/mol. The molecule has 0 unspecified atom stereocenters. The first-order valence-electron chi connectivity index (χ1n) is 14.7. The van der Waals surface area contributed by atoms with Crippen LogP contribution in [-0.4, -0.2) is 19.9 Å². The molecule has 4 fully saturated rings. The van der Waals surface area contributed by atoms with Crippen LogP contribution < -0.4 is 0 Å². The van der Waals surface area contributed by atoms with Crippen molar-refractivity contribution < 1.29 is 0 Å². The summed E-state index contributed by atoms with van der Waals surface area (Å²) < 4.78 is 0. The van der Waals surface area contributed by atoms with Crippen molar-refractivity contribution in [3.63, 3.8) is 0 Å². The molecule has 194 valence electrons. The minimum Gasteiger partial charge on any atom is -0.260 e. The van der Waals surface area contributed by atoms with Crippen molar-refractivity contribution in [1.82, 2.24) is 19.9 Å². The Labute approximate surface area is 234 Å². The van der Waals surface area contributed by atoms with Crippen molar-refractivity contribution in [1.29, 1.82) is 0 Å². The molecule has 5 aliphatic rings. The van der Waals surface area contributed by atoms with Crippen LogP contribution in [0.15, 0.2) is 97.2 Å². The SMILES string of the molecule is c1ccc(-c2nc(-c3ccccc3)nc(-c3ccc4c(c3)-c3cccnc3C43C4CC5CC(C4)CC3C5)n2)cc1. The van der Waals surface area contributed by atoms with Crippen LogP contribution in [0, 0.1) is 23.7 Å². The summed E-state index contributed by atoms with van der Waals surface area (Å²) >= 11 is 0. The van der Waals surface area contributed by atoms with Gasteiger partial charge in [-0.1, -0.05) is 78.9 Å². The molecule has 10 rings (SSSR count). The molecule has 40 heavy (non-hydrogen) atoms. The van der Waals surface area contributed by atoms with Crippen LogP contribution in [0.5, 0.6) is 0 Å². The summed E-state index contributed by atoms with van der Waals surface area (Å²) in [6.07, 6.45) is 8.91. The lowest BCUT2D eigenvalue weighted by atomic mass is 9.43. The molecule has 0 amide bonds. The molecule has 2 heterocycles. The highest BCUT2D eigenvalue weighted by Crippen LogP contribution is 2.69. The summed E-state index contributed by atoms with van der Waals surface area (Å²) in [4.78, 5) is 20.1. The van der Waals surface area contributed by atoms with Gasteiger partial charge in [0.05, 0.1) is 5.69 Å². The fraction of sp³-hybridized carbons (Fsp3) is 0.278. The highest BCUT2D eigenvalue weighted by molar-refractivity contribution is 5.84. The minimum absolute atomic E-state index is 0.0708. The zero-order valence-corrected chi connectivity index (χ0v) is 22.4. The molecule has 4 heteroatoms. The molecule has 5 aliphatic carbocycles. The van der Waals surface area contributed by atoms with Gasteiger partial charge in [-0.25, -0.2) is 15.0 Å². The second kappa shape index (κ2) is 8.41. The molecule has 1 spiro atoms. The van der Waals surface area contributed by atoms with Gasteiger partial charge < -0.3 is 0 Å². The number of nitrogens with zero attached hydrogens (tertiary/aromatic N) is 4. The van der Waals surface area contributed by atoms with Crippen molar-refractivity contribution in [2.75, 3.05) is 0 Å². The van der Waals surface area contributed by atoms with Gasteiger partial charge in [0.1, 0.15) is 0 Å². The van der Waals surface area contributed by atoms with E-state index in [9.17, 15) is 0 Å². The lowest BCUT2D eigenvalue weighted by molar-refractivity contribution is -0.0415. The van der Waals surface area contributed by atoms with E-state index in [4.69, 9.17) is 19.9 Å². The van der Waals surface area contributed by atoms with Crippen molar-refractivity contribution in [3.8, 4) is 45.3 Å². The van der Waals surface area contributed by atoms with Crippen LogP contribution >= 0.6 is 0 Å². The average Bonchev–Trinajstić information content (AvgIpc) is 3.30. The molecule has 2 aromatic heterocycles. The molecule has 4 saturated carbocycles. The molecule has 0 radical (unpaired) electrons. The van der Waals surface area contributed by atoms with Crippen molar-refractivity contribution in [2.24, 2.45) is 23.7 Å². The second-order valence-corrected chi connectivity index (χ2v) is 12.4. The first-order valence-corrected chi connectivity index (χ1v) is 14.7. The van der Waals surface area contributed by atoms with Gasteiger partial charge in [-0.15, -0.1) is 0 Å². The largest absolute Gasteiger partial charge is 0.260 e. The van der Waals surface area contributed by atoms with Gasteiger partial charge in [-0.3, -0.25) is 4.98 Å². The van der Waals surface area contributed by atoms with Crippen LogP contribution in [0.2, 0.25) is 0 Å². The molecular weight excluding hydrogens is 488 g/mol. The third-order valence-electron chi connectivity index (χ3n) is 10.3. The van der Waals surface area contributed by atoms with E-state index >= 15 is 0 Å². The Kier molecular flexibility index (Phi) is 4.75. The van der Waals surface area contributed by atoms with Crippen LogP contribution in [0.1, 0.15) is 43.4 Å². The van der Waals surface area contributed by atoms with E-state index in [1.165, 1.54) is 54.5 Å². The molecule has 0 atom stereocenters. The molecule has 5 aromatic rings. The summed E-state index contributed by atoms with van der Waals surface area (Å²) in [5.74, 6) is 5.36. The van der Waals surface area contributed by atoms with Crippen LogP contribution in [0.4, 0.5) is 0 Å². The van der Waals surface area contributed by atoms with E-state index in [-0.39, 0.29) is 5.41 Å². The van der Waals surface area contributed by atoms with Crippen molar-refractivity contribution in [3.05, 3.63) is 108 Å². The Bertz CT molecular complexity index is 1680. The average molecular weight is 519 g/mol. The molecule has 0 aliphatic heterocycles. The van der Waals surface area contributed by atoms with Gasteiger partial charge in [0.2, 0.25) is 0 Å². The fourth-order valence-electron chi connectivity index (χ4n) is 9.04. The van der Waals surface area contributed by atoms with Gasteiger partial charge in [0.25, 0.3) is 0 Å². The highest BCUT2D eigenvalue weighted by atomic mass is 15.0. The number of aromatic nitrogens is 4. The summed E-state index contributed by atoms with van der Waals surface area (Å²) in [6, 6.07) is 31.8. The van der Waals surface area contributed by atoms with Crippen LogP contribution in [0.25, 0.3) is 45.3 Å². The zero-order chi connectivity index (χ0) is 26.3. The molecule has 0 saturated heterocycles. The van der Waals surface area contributed by atoms with E-state index in [1.807, 2.05) is 42.6 Å². The first kappa shape index (κ1) is 22.6. The van der Waals surface area contributed by atoms with Crippen LogP contribution in [-0.2, 0) is 5.41 Å². The number of hydrogen-bond acceptors (Lipinski definition) is 4. The number of hydrogen-bond donors (Lipinski definition) is 0. The monoisotopic (exact) mass is 518 g/mol. The zero-order valence-electron chi connectivity index (χ0n) is 22.4. The predicted octanol–water partition coefficient (Wildman–Crippen LogP) is 7.99. The third-order valence-corrected chi connectivity index (χ3v) is 10.3. The Morgan fingerprint density at radius 1 is 0.525 bits per heavy atom. The highest BCUT2D eigenvalue weighted by Gasteiger charge is 2.62. The summed E-state index contributed by atoms with van der Waals surface area (Å²) in [5, 5.41) is 0. The Balaban J connectivity index is 1.23. The molecule has 4 nitrogen and oxygen atoms in total. The van der Waals surface area contributed by atoms with E-state index in [0.717, 1.165) is 28.5 Å². The molecular formula is C36H30N4. The first-order chi connectivity index (χ1) is 19.8. The van der Waals surface area contributed by atoms with E-state index < -0.39 is 0 Å². The van der Waals surface area contributed by atoms with Crippen LogP contribution in [0.3, 0.4) is 0 Å². The summed E-state index contributed by atoms with van der Waals surface area (Å²) in [5.41, 5.74) is 8.56. The smallest absolute Gasteiger partial charge is 0.164 e. The number of benzene rings is 3. The van der Waals surface area contributed by atoms with Gasteiger partial charge in [-0.05, 0) is 79.0 Å². The number of pyridine rings is 1. The van der Waals surface area contributed by atoms with Gasteiger partial charge in [0.15, 0.2) is 17.5 Å². The lowest BCUT2D eigenvalue weighted by Gasteiger charge is -2.60. The van der Waals surface area contributed by atoms with Gasteiger partial charge >= 0.3 is 0 Å². The maximum atomic E-state index is 5.14. The van der Waals surface area contributed by atoms with E-state index in [1.54, 1.807) is 0 Å². The molecule has 4 bridgehead atoms. The molecule has 3 aromatic carbocycles. The summed E-state index contributed by atoms with van der Waals surface area (Å²) in [7, 11) is 0. The second-order valence-electron chi connectivity index (χ2n) is 12.4. The normalized spacial score (nSPS) is 27.1. The third kappa shape index (κ3) is 3.13. The fourth-order valence-corrected chi connectivity index (χ4v) is 9.04. The number of fused-ring (bicyclic) bond motifs is 3. The maximum absolute atomic E-state index is 5.14.